The van der Waals surface area contributed by atoms with E-state index in [1.165, 1.54) is 16.7 Å². The Hall–Kier alpha value is -1.86. The molecule has 0 radical (unpaired) electrons. The summed E-state index contributed by atoms with van der Waals surface area (Å²) < 4.78 is 2.03. The lowest BCUT2D eigenvalue weighted by atomic mass is 9.79. The lowest BCUT2D eigenvalue weighted by molar-refractivity contribution is -0.678. The lowest BCUT2D eigenvalue weighted by Crippen LogP contribution is -2.63. The number of aryl methyl sites for hydroxylation is 1. The van der Waals surface area contributed by atoms with Crippen molar-refractivity contribution < 1.29 is 24.4 Å². The van der Waals surface area contributed by atoms with Gasteiger partial charge in [0.1, 0.15) is 12.7 Å². The molecule has 0 spiro atoms. The van der Waals surface area contributed by atoms with E-state index in [9.17, 15) is 19.8 Å². The van der Waals surface area contributed by atoms with E-state index >= 15 is 0 Å². The quantitative estimate of drug-likeness (QED) is 0.607. The number of nitrogens with zero attached hydrogens (tertiary/aromatic N) is 2. The molecule has 2 aliphatic heterocycles. The molecule has 4 atom stereocenters. The number of carboxylic acid groups (broad SMARTS) is 1. The zero-order chi connectivity index (χ0) is 18.5. The number of hydrogen-bond acceptors (Lipinski definition) is 4. The predicted octanol–water partition coefficient (Wildman–Crippen LogP) is 1.21. The van der Waals surface area contributed by atoms with Crippen molar-refractivity contribution in [3.8, 4) is 0 Å². The second kappa shape index (κ2) is 6.46. The molecule has 1 aromatic heterocycles. The summed E-state index contributed by atoms with van der Waals surface area (Å²) in [6.45, 7) is 5.56. The number of aliphatic hydroxyl groups excluding tert-OH is 1. The van der Waals surface area contributed by atoms with Crippen LogP contribution in [-0.4, -0.2) is 39.1 Å². The van der Waals surface area contributed by atoms with Gasteiger partial charge in [-0.3, -0.25) is 4.79 Å². The van der Waals surface area contributed by atoms with Crippen LogP contribution in [-0.2, 0) is 22.4 Å². The predicted molar refractivity (Wildman–Crippen MR) is 93.3 cm³/mol. The number of hydrogen-bond donors (Lipinski definition) is 2. The summed E-state index contributed by atoms with van der Waals surface area (Å²) >= 11 is 1.48. The minimum Gasteiger partial charge on any atom is -0.477 e. The molecule has 2 unspecified atom stereocenters. The summed E-state index contributed by atoms with van der Waals surface area (Å²) in [4.78, 5) is 26.2. The number of aromatic nitrogens is 1. The maximum absolute atomic E-state index is 12.3. The van der Waals surface area contributed by atoms with Gasteiger partial charge < -0.3 is 15.1 Å². The highest BCUT2D eigenvalue weighted by atomic mass is 32.2. The van der Waals surface area contributed by atoms with E-state index in [-0.39, 0.29) is 23.6 Å². The second-order valence-corrected chi connectivity index (χ2v) is 7.81. The van der Waals surface area contributed by atoms with Crippen molar-refractivity contribution in [2.75, 3.05) is 0 Å². The van der Waals surface area contributed by atoms with Crippen molar-refractivity contribution >= 4 is 23.6 Å². The summed E-state index contributed by atoms with van der Waals surface area (Å²) in [5.41, 5.74) is 2.34. The first-order valence-corrected chi connectivity index (χ1v) is 9.29. The first-order chi connectivity index (χ1) is 11.8. The summed E-state index contributed by atoms with van der Waals surface area (Å²) in [6, 6.07) is 3.74. The van der Waals surface area contributed by atoms with E-state index in [2.05, 4.69) is 0 Å². The molecule has 3 heterocycles. The first-order valence-electron chi connectivity index (χ1n) is 8.31. The Morgan fingerprint density at radius 1 is 1.48 bits per heavy atom. The van der Waals surface area contributed by atoms with Crippen molar-refractivity contribution in [3.05, 3.63) is 40.2 Å². The van der Waals surface area contributed by atoms with E-state index in [0.717, 1.165) is 16.2 Å². The second-order valence-electron chi connectivity index (χ2n) is 6.79. The fourth-order valence-corrected chi connectivity index (χ4v) is 5.11. The zero-order valence-electron chi connectivity index (χ0n) is 14.8. The molecule has 7 heteroatoms. The summed E-state index contributed by atoms with van der Waals surface area (Å²) in [7, 11) is 1.97. The number of rotatable bonds is 5. The van der Waals surface area contributed by atoms with Gasteiger partial charge in [-0.1, -0.05) is 6.92 Å². The molecule has 134 valence electrons. The Balaban J connectivity index is 1.88. The maximum atomic E-state index is 12.3. The number of aliphatic carboxylic acids is 1. The van der Waals surface area contributed by atoms with Gasteiger partial charge in [-0.15, -0.1) is 11.8 Å². The zero-order valence-corrected chi connectivity index (χ0v) is 15.6. The van der Waals surface area contributed by atoms with Gasteiger partial charge in [0, 0.05) is 35.1 Å². The van der Waals surface area contributed by atoms with Crippen LogP contribution in [0.3, 0.4) is 0 Å². The number of pyridine rings is 1. The van der Waals surface area contributed by atoms with Crippen LogP contribution in [0.5, 0.6) is 0 Å². The van der Waals surface area contributed by atoms with Gasteiger partial charge in [0.15, 0.2) is 11.9 Å². The van der Waals surface area contributed by atoms with Gasteiger partial charge >= 0.3 is 5.97 Å². The van der Waals surface area contributed by atoms with Gasteiger partial charge in [-0.25, -0.2) is 9.36 Å². The Labute approximate surface area is 151 Å². The minimum absolute atomic E-state index is 0.0855. The van der Waals surface area contributed by atoms with Crippen LogP contribution in [0.2, 0.25) is 0 Å². The molecule has 2 aliphatic rings. The van der Waals surface area contributed by atoms with Crippen LogP contribution in [0.4, 0.5) is 0 Å². The molecule has 0 aliphatic carbocycles. The van der Waals surface area contributed by atoms with Gasteiger partial charge in [-0.05, 0) is 13.0 Å². The Kier molecular flexibility index (Phi) is 4.64. The van der Waals surface area contributed by atoms with Crippen molar-refractivity contribution in [1.29, 1.82) is 0 Å². The normalized spacial score (nSPS) is 26.5. The summed E-state index contributed by atoms with van der Waals surface area (Å²) in [6.07, 6.45) is 1.20. The monoisotopic (exact) mass is 363 g/mol. The van der Waals surface area contributed by atoms with E-state index in [1.807, 2.05) is 43.8 Å². The van der Waals surface area contributed by atoms with E-state index in [4.69, 9.17) is 0 Å². The number of β-lactam (4-membered cyclic amide) rings is 1. The minimum atomic E-state index is -1.08. The largest absolute Gasteiger partial charge is 0.477 e. The average Bonchev–Trinajstić information content (AvgIpc) is 2.77. The SMILES string of the molecule is Cc1c(CSC2=C(C(=O)O)N3C(=O)[C@H](C(C)O)C3[C@H]2C)ccc[n+]1C. The molecule has 0 aromatic carbocycles. The van der Waals surface area contributed by atoms with E-state index < -0.39 is 18.0 Å². The number of thioether (sulfide) groups is 1. The van der Waals surface area contributed by atoms with Crippen LogP contribution in [0.1, 0.15) is 25.1 Å². The molecule has 1 saturated heterocycles. The van der Waals surface area contributed by atoms with Gasteiger partial charge in [0.05, 0.1) is 18.1 Å². The third-order valence-electron chi connectivity index (χ3n) is 5.30. The molecule has 2 N–H and O–H groups in total. The summed E-state index contributed by atoms with van der Waals surface area (Å²) in [5.74, 6) is -1.33. The first kappa shape index (κ1) is 17.9. The molecule has 6 nitrogen and oxygen atoms in total. The van der Waals surface area contributed by atoms with Crippen molar-refractivity contribution in [2.24, 2.45) is 18.9 Å². The molecule has 25 heavy (non-hydrogen) atoms. The Morgan fingerprint density at radius 2 is 2.16 bits per heavy atom. The number of carbonyl (C=O) groups is 2. The lowest BCUT2D eigenvalue weighted by Gasteiger charge is -2.46. The number of aliphatic hydroxyl groups is 1. The highest BCUT2D eigenvalue weighted by Crippen LogP contribution is 2.50. The molecule has 1 amide bonds. The molecular formula is C18H23N2O4S+. The van der Waals surface area contributed by atoms with Crippen molar-refractivity contribution in [2.45, 2.75) is 38.7 Å². The fraction of sp³-hybridized carbons (Fsp3) is 0.500. The van der Waals surface area contributed by atoms with Crippen molar-refractivity contribution in [1.82, 2.24) is 4.90 Å². The molecule has 0 saturated carbocycles. The molecule has 3 rings (SSSR count). The van der Waals surface area contributed by atoms with E-state index in [1.54, 1.807) is 6.92 Å². The summed E-state index contributed by atoms with van der Waals surface area (Å²) in [5, 5.41) is 19.5. The number of carbonyl (C=O) groups excluding carboxylic acids is 1. The Bertz CT molecular complexity index is 774. The molecule has 1 fully saturated rings. The van der Waals surface area contributed by atoms with Crippen LogP contribution in [0, 0.1) is 18.8 Å². The van der Waals surface area contributed by atoms with Gasteiger partial charge in [0.2, 0.25) is 5.91 Å². The van der Waals surface area contributed by atoms with Gasteiger partial charge in [0.25, 0.3) is 0 Å². The van der Waals surface area contributed by atoms with Crippen LogP contribution in [0.25, 0.3) is 0 Å². The Morgan fingerprint density at radius 3 is 2.76 bits per heavy atom. The number of amides is 1. The highest BCUT2D eigenvalue weighted by Gasteiger charge is 2.59. The van der Waals surface area contributed by atoms with E-state index in [0.29, 0.717) is 5.75 Å². The molecule has 1 aromatic rings. The molecular weight excluding hydrogens is 340 g/mol. The smallest absolute Gasteiger partial charge is 0.353 e. The average molecular weight is 363 g/mol. The highest BCUT2D eigenvalue weighted by molar-refractivity contribution is 8.02. The third kappa shape index (κ3) is 2.75. The molecule has 0 bridgehead atoms. The fourth-order valence-electron chi connectivity index (χ4n) is 3.77. The standard InChI is InChI=1S/C18H22N2O4S/c1-9-14-13(11(3)21)17(22)20(14)15(18(23)24)16(9)25-8-12-6-5-7-19(4)10(12)2/h5-7,9,11,13-14,21H,8H2,1-4H3/p+1/t9-,11?,13-,14?/m1/s1. The van der Waals surface area contributed by atoms with Gasteiger partial charge in [-0.2, -0.15) is 0 Å². The maximum Gasteiger partial charge on any atom is 0.353 e. The van der Waals surface area contributed by atoms with Crippen LogP contribution >= 0.6 is 11.8 Å². The van der Waals surface area contributed by atoms with Crippen molar-refractivity contribution in [3.63, 3.8) is 0 Å². The topological polar surface area (TPSA) is 81.7 Å². The van der Waals surface area contributed by atoms with Crippen LogP contribution in [0.15, 0.2) is 28.9 Å². The number of carboxylic acids is 1. The van der Waals surface area contributed by atoms with Crippen LogP contribution < -0.4 is 4.57 Å². The number of fused-ring (bicyclic) bond motifs is 1. The third-order valence-corrected chi connectivity index (χ3v) is 6.63.